The summed E-state index contributed by atoms with van der Waals surface area (Å²) in [5.41, 5.74) is 0.0598. The molecule has 0 bridgehead atoms. The van der Waals surface area contributed by atoms with Crippen LogP contribution < -0.4 is 5.32 Å². The van der Waals surface area contributed by atoms with Crippen LogP contribution in [0.15, 0.2) is 24.3 Å². The van der Waals surface area contributed by atoms with Crippen LogP contribution in [0.5, 0.6) is 0 Å². The molecule has 1 amide bonds. The number of carbonyl (C=O) groups is 1. The fourth-order valence-corrected chi connectivity index (χ4v) is 2.72. The third kappa shape index (κ3) is 3.78. The molecular weight excluding hydrogens is 270 g/mol. The molecule has 1 aliphatic heterocycles. The summed E-state index contributed by atoms with van der Waals surface area (Å²) in [6, 6.07) is 6.16. The second-order valence-electron chi connectivity index (χ2n) is 5.31. The van der Waals surface area contributed by atoms with Crippen LogP contribution >= 0.6 is 0 Å². The van der Waals surface area contributed by atoms with Gasteiger partial charge in [0.1, 0.15) is 5.56 Å². The zero-order valence-electron chi connectivity index (χ0n) is 12.2. The molecule has 1 aromatic rings. The van der Waals surface area contributed by atoms with E-state index in [1.54, 1.807) is 17.0 Å². The van der Waals surface area contributed by atoms with E-state index < -0.39 is 4.92 Å². The second kappa shape index (κ2) is 7.17. The number of nitrogens with one attached hydrogen (secondary N) is 1. The zero-order valence-corrected chi connectivity index (χ0v) is 12.2. The molecule has 6 heteroatoms. The normalized spacial score (nSPS) is 15.7. The number of nitro groups is 1. The standard InChI is InChI=1S/C15H21N3O3/c1-2-17(11-12-7-9-16-10-8-12)15(19)13-5-3-4-6-14(13)18(20)21/h3-6,12,16H,2,7-11H2,1H3. The zero-order chi connectivity index (χ0) is 15.2. The Morgan fingerprint density at radius 2 is 2.05 bits per heavy atom. The third-order valence-electron chi connectivity index (χ3n) is 3.94. The minimum atomic E-state index is -0.494. The second-order valence-corrected chi connectivity index (χ2v) is 5.31. The van der Waals surface area contributed by atoms with Gasteiger partial charge in [-0.25, -0.2) is 0 Å². The molecule has 1 N–H and O–H groups in total. The number of piperidine rings is 1. The van der Waals surface area contributed by atoms with Crippen molar-refractivity contribution in [1.82, 2.24) is 10.2 Å². The Labute approximate surface area is 124 Å². The van der Waals surface area contributed by atoms with E-state index >= 15 is 0 Å². The lowest BCUT2D eigenvalue weighted by Crippen LogP contribution is -2.39. The Balaban J connectivity index is 2.14. The number of nitro benzene ring substituents is 1. The van der Waals surface area contributed by atoms with Gasteiger partial charge >= 0.3 is 0 Å². The molecule has 2 rings (SSSR count). The van der Waals surface area contributed by atoms with E-state index in [1.165, 1.54) is 12.1 Å². The van der Waals surface area contributed by atoms with Crippen molar-refractivity contribution in [2.24, 2.45) is 5.92 Å². The maximum Gasteiger partial charge on any atom is 0.282 e. The van der Waals surface area contributed by atoms with Gasteiger partial charge in [0.15, 0.2) is 0 Å². The molecule has 1 aromatic carbocycles. The van der Waals surface area contributed by atoms with E-state index in [0.717, 1.165) is 25.9 Å². The highest BCUT2D eigenvalue weighted by atomic mass is 16.6. The number of rotatable bonds is 5. The molecule has 1 saturated heterocycles. The predicted molar refractivity (Wildman–Crippen MR) is 80.3 cm³/mol. The molecule has 0 spiro atoms. The number of nitrogens with zero attached hydrogens (tertiary/aromatic N) is 2. The van der Waals surface area contributed by atoms with E-state index in [0.29, 0.717) is 19.0 Å². The topological polar surface area (TPSA) is 75.5 Å². The van der Waals surface area contributed by atoms with Crippen LogP contribution in [-0.2, 0) is 0 Å². The minimum Gasteiger partial charge on any atom is -0.338 e. The molecule has 0 aliphatic carbocycles. The van der Waals surface area contributed by atoms with Crippen LogP contribution in [0.4, 0.5) is 5.69 Å². The van der Waals surface area contributed by atoms with Gasteiger partial charge in [0, 0.05) is 19.2 Å². The Morgan fingerprint density at radius 1 is 1.38 bits per heavy atom. The van der Waals surface area contributed by atoms with Crippen molar-refractivity contribution < 1.29 is 9.72 Å². The number of para-hydroxylation sites is 1. The van der Waals surface area contributed by atoms with Crippen LogP contribution in [0.25, 0.3) is 0 Å². The van der Waals surface area contributed by atoms with Crippen LogP contribution in [0.2, 0.25) is 0 Å². The highest BCUT2D eigenvalue weighted by molar-refractivity contribution is 5.98. The Kier molecular flexibility index (Phi) is 5.27. The molecule has 1 aliphatic rings. The van der Waals surface area contributed by atoms with Gasteiger partial charge in [0.2, 0.25) is 0 Å². The third-order valence-corrected chi connectivity index (χ3v) is 3.94. The molecule has 0 aromatic heterocycles. The number of carbonyl (C=O) groups excluding carboxylic acids is 1. The number of benzene rings is 1. The summed E-state index contributed by atoms with van der Waals surface area (Å²) in [4.78, 5) is 24.9. The monoisotopic (exact) mass is 291 g/mol. The minimum absolute atomic E-state index is 0.119. The van der Waals surface area contributed by atoms with Gasteiger partial charge in [-0.3, -0.25) is 14.9 Å². The van der Waals surface area contributed by atoms with Crippen molar-refractivity contribution in [2.75, 3.05) is 26.2 Å². The van der Waals surface area contributed by atoms with Gasteiger partial charge in [-0.15, -0.1) is 0 Å². The van der Waals surface area contributed by atoms with Crippen LogP contribution in [-0.4, -0.2) is 41.9 Å². The number of hydrogen-bond donors (Lipinski definition) is 1. The first-order valence-electron chi connectivity index (χ1n) is 7.37. The first-order chi connectivity index (χ1) is 10.1. The van der Waals surface area contributed by atoms with E-state index in [2.05, 4.69) is 5.32 Å². The molecule has 0 radical (unpaired) electrons. The summed E-state index contributed by atoms with van der Waals surface area (Å²) in [5, 5.41) is 14.4. The van der Waals surface area contributed by atoms with Gasteiger partial charge in [-0.05, 0) is 44.8 Å². The lowest BCUT2D eigenvalue weighted by molar-refractivity contribution is -0.385. The van der Waals surface area contributed by atoms with E-state index in [9.17, 15) is 14.9 Å². The van der Waals surface area contributed by atoms with E-state index in [1.807, 2.05) is 6.92 Å². The molecule has 0 unspecified atom stereocenters. The number of amides is 1. The fourth-order valence-electron chi connectivity index (χ4n) is 2.72. The highest BCUT2D eigenvalue weighted by Gasteiger charge is 2.25. The van der Waals surface area contributed by atoms with Crippen molar-refractivity contribution in [3.8, 4) is 0 Å². The molecule has 1 heterocycles. The van der Waals surface area contributed by atoms with E-state index in [-0.39, 0.29) is 17.2 Å². The highest BCUT2D eigenvalue weighted by Crippen LogP contribution is 2.21. The maximum absolute atomic E-state index is 12.6. The lowest BCUT2D eigenvalue weighted by atomic mass is 9.97. The first kappa shape index (κ1) is 15.4. The summed E-state index contributed by atoms with van der Waals surface area (Å²) in [7, 11) is 0. The van der Waals surface area contributed by atoms with Crippen LogP contribution in [0.3, 0.4) is 0 Å². The fraction of sp³-hybridized carbons (Fsp3) is 0.533. The predicted octanol–water partition coefficient (Wildman–Crippen LogP) is 2.06. The van der Waals surface area contributed by atoms with E-state index in [4.69, 9.17) is 0 Å². The quantitative estimate of drug-likeness (QED) is 0.665. The molecule has 0 saturated carbocycles. The Hall–Kier alpha value is -1.95. The Bertz CT molecular complexity index is 513. The first-order valence-corrected chi connectivity index (χ1v) is 7.37. The summed E-state index contributed by atoms with van der Waals surface area (Å²) in [6.45, 7) is 5.09. The van der Waals surface area contributed by atoms with Crippen molar-refractivity contribution in [3.63, 3.8) is 0 Å². The average molecular weight is 291 g/mol. The molecule has 6 nitrogen and oxygen atoms in total. The number of hydrogen-bond acceptors (Lipinski definition) is 4. The smallest absolute Gasteiger partial charge is 0.282 e. The summed E-state index contributed by atoms with van der Waals surface area (Å²) < 4.78 is 0. The van der Waals surface area contributed by atoms with Crippen molar-refractivity contribution in [2.45, 2.75) is 19.8 Å². The summed E-state index contributed by atoms with van der Waals surface area (Å²) in [5.74, 6) is 0.223. The molecule has 1 fully saturated rings. The molecule has 114 valence electrons. The molecular formula is C15H21N3O3. The van der Waals surface area contributed by atoms with Crippen molar-refractivity contribution in [1.29, 1.82) is 0 Å². The summed E-state index contributed by atoms with van der Waals surface area (Å²) >= 11 is 0. The van der Waals surface area contributed by atoms with Gasteiger partial charge in [0.05, 0.1) is 4.92 Å². The van der Waals surface area contributed by atoms with Crippen LogP contribution in [0.1, 0.15) is 30.1 Å². The van der Waals surface area contributed by atoms with Gasteiger partial charge in [-0.1, -0.05) is 12.1 Å². The largest absolute Gasteiger partial charge is 0.338 e. The van der Waals surface area contributed by atoms with Gasteiger partial charge < -0.3 is 10.2 Å². The molecule has 0 atom stereocenters. The molecule has 21 heavy (non-hydrogen) atoms. The summed E-state index contributed by atoms with van der Waals surface area (Å²) in [6.07, 6.45) is 2.08. The Morgan fingerprint density at radius 3 is 2.67 bits per heavy atom. The van der Waals surface area contributed by atoms with Crippen molar-refractivity contribution >= 4 is 11.6 Å². The van der Waals surface area contributed by atoms with Crippen LogP contribution in [0, 0.1) is 16.0 Å². The van der Waals surface area contributed by atoms with Crippen molar-refractivity contribution in [3.05, 3.63) is 39.9 Å². The maximum atomic E-state index is 12.6. The van der Waals surface area contributed by atoms with Gasteiger partial charge in [0.25, 0.3) is 11.6 Å². The van der Waals surface area contributed by atoms with Gasteiger partial charge in [-0.2, -0.15) is 0 Å². The SMILES string of the molecule is CCN(CC1CCNCC1)C(=O)c1ccccc1[N+](=O)[O-]. The lowest BCUT2D eigenvalue weighted by Gasteiger charge is -2.29. The average Bonchev–Trinajstić information content (AvgIpc) is 2.53.